The van der Waals surface area contributed by atoms with Crippen molar-refractivity contribution in [2.75, 3.05) is 11.4 Å². The first-order chi connectivity index (χ1) is 9.34. The van der Waals surface area contributed by atoms with Crippen molar-refractivity contribution in [3.63, 3.8) is 0 Å². The third kappa shape index (κ3) is 1.89. The van der Waals surface area contributed by atoms with Gasteiger partial charge in [0, 0.05) is 5.69 Å². The average molecular weight is 275 g/mol. The summed E-state index contributed by atoms with van der Waals surface area (Å²) in [7, 11) is 0. The largest absolute Gasteiger partial charge is 0.369 e. The van der Waals surface area contributed by atoms with Gasteiger partial charge in [0.1, 0.15) is 5.82 Å². The van der Waals surface area contributed by atoms with Crippen molar-refractivity contribution in [2.24, 2.45) is 22.1 Å². The third-order valence-electron chi connectivity index (χ3n) is 4.82. The minimum Gasteiger partial charge on any atom is -0.369 e. The van der Waals surface area contributed by atoms with Crippen molar-refractivity contribution >= 4 is 11.6 Å². The van der Waals surface area contributed by atoms with Gasteiger partial charge in [-0.25, -0.2) is 4.39 Å². The lowest BCUT2D eigenvalue weighted by molar-refractivity contribution is 0.341. The van der Waals surface area contributed by atoms with Gasteiger partial charge in [-0.3, -0.25) is 4.99 Å². The quantitative estimate of drug-likeness (QED) is 0.855. The summed E-state index contributed by atoms with van der Waals surface area (Å²) in [5.74, 6) is 0.757. The van der Waals surface area contributed by atoms with E-state index < -0.39 is 0 Å². The molecule has 2 N–H and O–H groups in total. The number of hydrogen-bond acceptors (Lipinski definition) is 3. The molecule has 4 heteroatoms. The average Bonchev–Trinajstić information content (AvgIpc) is 2.77. The minimum atomic E-state index is -0.234. The summed E-state index contributed by atoms with van der Waals surface area (Å²) in [5, 5.41) is 0. The molecule has 1 heterocycles. The minimum absolute atomic E-state index is 0.0959. The summed E-state index contributed by atoms with van der Waals surface area (Å²) < 4.78 is 13.6. The number of guanidine groups is 1. The first-order valence-corrected chi connectivity index (χ1v) is 7.20. The number of hydrogen-bond donors (Lipinski definition) is 1. The number of halogens is 1. The molecule has 20 heavy (non-hydrogen) atoms. The molecule has 1 aliphatic heterocycles. The van der Waals surface area contributed by atoms with E-state index in [2.05, 4.69) is 30.7 Å². The van der Waals surface area contributed by atoms with E-state index >= 15 is 0 Å². The van der Waals surface area contributed by atoms with Gasteiger partial charge >= 0.3 is 0 Å². The number of rotatable bonds is 1. The summed E-state index contributed by atoms with van der Waals surface area (Å²) >= 11 is 0. The fraction of sp³-hybridized carbons (Fsp3) is 0.562. The van der Waals surface area contributed by atoms with Crippen LogP contribution in [0.4, 0.5) is 10.1 Å². The van der Waals surface area contributed by atoms with Gasteiger partial charge in [-0.15, -0.1) is 0 Å². The molecule has 0 saturated heterocycles. The number of anilines is 1. The third-order valence-corrected chi connectivity index (χ3v) is 4.82. The molecule has 2 unspecified atom stereocenters. The van der Waals surface area contributed by atoms with Crippen molar-refractivity contribution < 1.29 is 4.39 Å². The Hall–Kier alpha value is -1.58. The lowest BCUT2D eigenvalue weighted by Gasteiger charge is -2.40. The maximum atomic E-state index is 13.6. The number of nitrogens with zero attached hydrogens (tertiary/aromatic N) is 2. The maximum Gasteiger partial charge on any atom is 0.196 e. The molecule has 1 spiro atoms. The smallest absolute Gasteiger partial charge is 0.196 e. The van der Waals surface area contributed by atoms with Crippen molar-refractivity contribution in [3.05, 3.63) is 30.1 Å². The Morgan fingerprint density at radius 1 is 1.40 bits per heavy atom. The summed E-state index contributed by atoms with van der Waals surface area (Å²) in [6, 6.07) is 6.65. The number of benzene rings is 1. The van der Waals surface area contributed by atoms with Crippen LogP contribution in [0, 0.1) is 17.2 Å². The zero-order valence-corrected chi connectivity index (χ0v) is 12.4. The highest BCUT2D eigenvalue weighted by molar-refractivity contribution is 5.98. The molecule has 2 atom stereocenters. The summed E-state index contributed by atoms with van der Waals surface area (Å²) in [4.78, 5) is 6.54. The molecule has 0 amide bonds. The van der Waals surface area contributed by atoms with Gasteiger partial charge in [0.15, 0.2) is 5.96 Å². The fourth-order valence-electron chi connectivity index (χ4n) is 4.20. The number of nitrogens with two attached hydrogens (primary N) is 1. The topological polar surface area (TPSA) is 41.6 Å². The lowest BCUT2D eigenvalue weighted by atomic mass is 9.85. The van der Waals surface area contributed by atoms with Crippen LogP contribution in [-0.4, -0.2) is 18.0 Å². The second kappa shape index (κ2) is 4.21. The molecule has 3 nitrogen and oxygen atoms in total. The first-order valence-electron chi connectivity index (χ1n) is 7.20. The monoisotopic (exact) mass is 275 g/mol. The zero-order chi connectivity index (χ0) is 14.5. The normalized spacial score (nSPS) is 31.9. The fourth-order valence-corrected chi connectivity index (χ4v) is 4.20. The van der Waals surface area contributed by atoms with E-state index in [0.717, 1.165) is 18.5 Å². The molecular weight excluding hydrogens is 253 g/mol. The maximum absolute atomic E-state index is 13.6. The van der Waals surface area contributed by atoms with Crippen LogP contribution in [0.3, 0.4) is 0 Å². The van der Waals surface area contributed by atoms with Crippen molar-refractivity contribution in [1.82, 2.24) is 0 Å². The van der Waals surface area contributed by atoms with Crippen LogP contribution in [0.1, 0.15) is 33.6 Å². The molecule has 108 valence electrons. The van der Waals surface area contributed by atoms with Gasteiger partial charge in [0.05, 0.1) is 12.1 Å². The van der Waals surface area contributed by atoms with Crippen molar-refractivity contribution in [2.45, 2.75) is 39.2 Å². The van der Waals surface area contributed by atoms with Crippen LogP contribution < -0.4 is 10.6 Å². The standard InChI is InChI=1S/C16H22FN3/c1-11-8-15(2,3)9-16(11)10-19-14(18)20(16)13-6-4-5-12(17)7-13/h4-7,11H,8-10H2,1-3H3,(H2,18,19). The van der Waals surface area contributed by atoms with Gasteiger partial charge in [0.25, 0.3) is 0 Å². The van der Waals surface area contributed by atoms with Crippen LogP contribution in [0.15, 0.2) is 29.3 Å². The van der Waals surface area contributed by atoms with Gasteiger partial charge in [0.2, 0.25) is 0 Å². The molecule has 2 aliphatic rings. The van der Waals surface area contributed by atoms with Gasteiger partial charge in [-0.05, 0) is 42.4 Å². The molecule has 0 aromatic heterocycles. The SMILES string of the molecule is CC1CC(C)(C)CC12CN=C(N)N2c1cccc(F)c1. The Kier molecular flexibility index (Phi) is 2.82. The molecule has 0 radical (unpaired) electrons. The molecular formula is C16H22FN3. The van der Waals surface area contributed by atoms with Crippen LogP contribution in [0.2, 0.25) is 0 Å². The predicted molar refractivity (Wildman–Crippen MR) is 80.3 cm³/mol. The Balaban J connectivity index is 2.05. The number of aliphatic imine (C=N–C) groups is 1. The zero-order valence-electron chi connectivity index (χ0n) is 12.4. The highest BCUT2D eigenvalue weighted by atomic mass is 19.1. The van der Waals surface area contributed by atoms with E-state index in [-0.39, 0.29) is 16.8 Å². The highest BCUT2D eigenvalue weighted by Gasteiger charge is 2.55. The Morgan fingerprint density at radius 2 is 2.15 bits per heavy atom. The van der Waals surface area contributed by atoms with E-state index in [0.29, 0.717) is 18.4 Å². The molecule has 1 aromatic carbocycles. The molecule has 1 fully saturated rings. The van der Waals surface area contributed by atoms with Gasteiger partial charge < -0.3 is 10.6 Å². The van der Waals surface area contributed by atoms with E-state index in [4.69, 9.17) is 5.73 Å². The molecule has 1 aromatic rings. The van der Waals surface area contributed by atoms with E-state index in [1.54, 1.807) is 12.1 Å². The van der Waals surface area contributed by atoms with E-state index in [9.17, 15) is 4.39 Å². The van der Waals surface area contributed by atoms with Crippen LogP contribution in [0.25, 0.3) is 0 Å². The summed E-state index contributed by atoms with van der Waals surface area (Å²) in [6.45, 7) is 7.54. The summed E-state index contributed by atoms with van der Waals surface area (Å²) in [5.41, 5.74) is 7.11. The summed E-state index contributed by atoms with van der Waals surface area (Å²) in [6.07, 6.45) is 2.17. The Bertz CT molecular complexity index is 567. The van der Waals surface area contributed by atoms with Gasteiger partial charge in [-0.2, -0.15) is 0 Å². The molecule has 1 saturated carbocycles. The van der Waals surface area contributed by atoms with Gasteiger partial charge in [-0.1, -0.05) is 26.8 Å². The molecule has 0 bridgehead atoms. The highest BCUT2D eigenvalue weighted by Crippen LogP contribution is 2.53. The van der Waals surface area contributed by atoms with Crippen molar-refractivity contribution in [1.29, 1.82) is 0 Å². The van der Waals surface area contributed by atoms with Crippen LogP contribution in [0.5, 0.6) is 0 Å². The second-order valence-electron chi connectivity index (χ2n) is 7.04. The van der Waals surface area contributed by atoms with Crippen molar-refractivity contribution in [3.8, 4) is 0 Å². The molecule has 3 rings (SSSR count). The van der Waals surface area contributed by atoms with Crippen LogP contribution in [-0.2, 0) is 0 Å². The molecule has 1 aliphatic carbocycles. The van der Waals surface area contributed by atoms with Crippen LogP contribution >= 0.6 is 0 Å². The predicted octanol–water partition coefficient (Wildman–Crippen LogP) is 3.16. The Morgan fingerprint density at radius 3 is 2.75 bits per heavy atom. The van der Waals surface area contributed by atoms with E-state index in [1.807, 2.05) is 6.07 Å². The Labute approximate surface area is 119 Å². The lowest BCUT2D eigenvalue weighted by Crippen LogP contribution is -2.54. The second-order valence-corrected chi connectivity index (χ2v) is 7.04. The van der Waals surface area contributed by atoms with E-state index in [1.165, 1.54) is 6.07 Å². The first kappa shape index (κ1) is 13.4.